The first-order valence-electron chi connectivity index (χ1n) is 7.08. The van der Waals surface area contributed by atoms with Crippen LogP contribution in [0.2, 0.25) is 5.02 Å². The predicted octanol–water partition coefficient (Wildman–Crippen LogP) is 3.12. The van der Waals surface area contributed by atoms with Crippen LogP contribution in [0.5, 0.6) is 0 Å². The summed E-state index contributed by atoms with van der Waals surface area (Å²) in [7, 11) is 1.30. The number of anilines is 1. The van der Waals surface area contributed by atoms with Gasteiger partial charge in [0.1, 0.15) is 0 Å². The van der Waals surface area contributed by atoms with Crippen molar-refractivity contribution in [1.29, 1.82) is 0 Å². The van der Waals surface area contributed by atoms with Crippen LogP contribution in [-0.2, 0) is 11.3 Å². The molecule has 8 heteroatoms. The van der Waals surface area contributed by atoms with Gasteiger partial charge in [-0.15, -0.1) is 11.3 Å². The van der Waals surface area contributed by atoms with Gasteiger partial charge in [-0.3, -0.25) is 9.20 Å². The van der Waals surface area contributed by atoms with Crippen LogP contribution in [0.25, 0.3) is 4.96 Å². The third-order valence-electron chi connectivity index (χ3n) is 3.47. The zero-order valence-corrected chi connectivity index (χ0v) is 14.6. The van der Waals surface area contributed by atoms with Crippen molar-refractivity contribution in [2.24, 2.45) is 0 Å². The highest BCUT2D eigenvalue weighted by Crippen LogP contribution is 2.22. The molecule has 1 aromatic carbocycles. The maximum absolute atomic E-state index is 12.1. The Morgan fingerprint density at radius 1 is 1.42 bits per heavy atom. The van der Waals surface area contributed by atoms with E-state index in [-0.39, 0.29) is 11.1 Å². The van der Waals surface area contributed by atoms with Gasteiger partial charge in [-0.2, -0.15) is 0 Å². The summed E-state index contributed by atoms with van der Waals surface area (Å²) in [5, 5.41) is 5.34. The number of aromatic nitrogens is 2. The van der Waals surface area contributed by atoms with Crippen molar-refractivity contribution in [1.82, 2.24) is 9.38 Å². The van der Waals surface area contributed by atoms with Gasteiger partial charge < -0.3 is 10.1 Å². The Balaban J connectivity index is 1.83. The molecule has 3 aromatic rings. The lowest BCUT2D eigenvalue weighted by atomic mass is 10.2. The number of nitrogens with one attached hydrogen (secondary N) is 1. The molecule has 1 N–H and O–H groups in total. The van der Waals surface area contributed by atoms with Gasteiger partial charge in [-0.05, 0) is 25.1 Å². The highest BCUT2D eigenvalue weighted by atomic mass is 35.5. The summed E-state index contributed by atoms with van der Waals surface area (Å²) in [6, 6.07) is 6.46. The zero-order valence-electron chi connectivity index (χ0n) is 13.0. The van der Waals surface area contributed by atoms with Gasteiger partial charge in [-0.25, -0.2) is 9.78 Å². The molecule has 2 heterocycles. The van der Waals surface area contributed by atoms with Gasteiger partial charge in [0.25, 0.3) is 5.56 Å². The zero-order chi connectivity index (χ0) is 17.3. The minimum Gasteiger partial charge on any atom is -0.465 e. The second-order valence-electron chi connectivity index (χ2n) is 5.12. The lowest BCUT2D eigenvalue weighted by molar-refractivity contribution is 0.0601. The summed E-state index contributed by atoms with van der Waals surface area (Å²) in [6.45, 7) is 2.22. The number of nitrogens with zero attached hydrogens (tertiary/aromatic N) is 2. The van der Waals surface area contributed by atoms with Gasteiger partial charge in [-0.1, -0.05) is 11.6 Å². The fourth-order valence-corrected chi connectivity index (χ4v) is 3.37. The quantitative estimate of drug-likeness (QED) is 0.721. The van der Waals surface area contributed by atoms with Crippen LogP contribution in [0.3, 0.4) is 0 Å². The van der Waals surface area contributed by atoms with E-state index < -0.39 is 5.97 Å². The van der Waals surface area contributed by atoms with Crippen molar-refractivity contribution < 1.29 is 9.53 Å². The van der Waals surface area contributed by atoms with Gasteiger partial charge in [0.2, 0.25) is 0 Å². The third-order valence-corrected chi connectivity index (χ3v) is 4.75. The first kappa shape index (κ1) is 16.5. The van der Waals surface area contributed by atoms with Crippen molar-refractivity contribution >= 4 is 39.6 Å². The maximum Gasteiger partial charge on any atom is 0.339 e. The monoisotopic (exact) mass is 363 g/mol. The highest BCUT2D eigenvalue weighted by Gasteiger charge is 2.12. The number of hydrogen-bond donors (Lipinski definition) is 1. The minimum atomic E-state index is -0.504. The normalized spacial score (nSPS) is 10.8. The fourth-order valence-electron chi connectivity index (χ4n) is 2.29. The second kappa shape index (κ2) is 6.62. The van der Waals surface area contributed by atoms with E-state index in [1.807, 2.05) is 12.3 Å². The molecule has 124 valence electrons. The Kier molecular flexibility index (Phi) is 4.55. The summed E-state index contributed by atoms with van der Waals surface area (Å²) in [4.78, 5) is 28.9. The Hall–Kier alpha value is -2.38. The van der Waals surface area contributed by atoms with E-state index in [2.05, 4.69) is 10.3 Å². The van der Waals surface area contributed by atoms with Crippen LogP contribution in [0.15, 0.2) is 34.4 Å². The summed E-state index contributed by atoms with van der Waals surface area (Å²) >= 11 is 7.41. The molecule has 0 bridgehead atoms. The molecule has 0 fully saturated rings. The molecule has 6 nitrogen and oxygen atoms in total. The number of fused-ring (bicyclic) bond motifs is 1. The number of methoxy groups -OCH3 is 1. The maximum atomic E-state index is 12.1. The Labute approximate surface area is 146 Å². The molecule has 0 aliphatic rings. The Morgan fingerprint density at radius 2 is 2.21 bits per heavy atom. The van der Waals surface area contributed by atoms with E-state index in [9.17, 15) is 9.59 Å². The number of aryl methyl sites for hydroxylation is 1. The number of hydrogen-bond acceptors (Lipinski definition) is 6. The molecule has 0 unspecified atom stereocenters. The summed E-state index contributed by atoms with van der Waals surface area (Å²) in [6.07, 6.45) is 0. The number of ether oxygens (including phenoxy) is 1. The predicted molar refractivity (Wildman–Crippen MR) is 94.2 cm³/mol. The van der Waals surface area contributed by atoms with Crippen molar-refractivity contribution in [3.63, 3.8) is 0 Å². The van der Waals surface area contributed by atoms with E-state index in [0.717, 1.165) is 5.69 Å². The number of benzene rings is 1. The average Bonchev–Trinajstić information content (AvgIpc) is 2.95. The van der Waals surface area contributed by atoms with E-state index in [1.165, 1.54) is 24.5 Å². The van der Waals surface area contributed by atoms with Gasteiger partial charge in [0.15, 0.2) is 4.96 Å². The van der Waals surface area contributed by atoms with Crippen LogP contribution < -0.4 is 10.9 Å². The molecule has 0 aliphatic heterocycles. The highest BCUT2D eigenvalue weighted by molar-refractivity contribution is 7.15. The second-order valence-corrected chi connectivity index (χ2v) is 6.36. The Morgan fingerprint density at radius 3 is 2.96 bits per heavy atom. The number of halogens is 1. The Bertz CT molecular complexity index is 980. The van der Waals surface area contributed by atoms with Gasteiger partial charge in [0, 0.05) is 22.8 Å². The summed E-state index contributed by atoms with van der Waals surface area (Å²) in [5.41, 5.74) is 2.34. The number of rotatable bonds is 4. The van der Waals surface area contributed by atoms with E-state index in [0.29, 0.717) is 27.9 Å². The molecule has 0 amide bonds. The molecule has 2 aromatic heterocycles. The fraction of sp³-hybridized carbons (Fsp3) is 0.188. The largest absolute Gasteiger partial charge is 0.465 e. The van der Waals surface area contributed by atoms with Crippen LogP contribution in [0.4, 0.5) is 5.69 Å². The van der Waals surface area contributed by atoms with Crippen LogP contribution in [-0.4, -0.2) is 22.5 Å². The van der Waals surface area contributed by atoms with E-state index in [1.54, 1.807) is 22.6 Å². The first-order chi connectivity index (χ1) is 11.5. The molecule has 0 atom stereocenters. The van der Waals surface area contributed by atoms with Crippen LogP contribution >= 0.6 is 22.9 Å². The van der Waals surface area contributed by atoms with Crippen molar-refractivity contribution in [2.45, 2.75) is 13.5 Å². The molecular weight excluding hydrogens is 350 g/mol. The summed E-state index contributed by atoms with van der Waals surface area (Å²) < 4.78 is 6.27. The van der Waals surface area contributed by atoms with E-state index >= 15 is 0 Å². The van der Waals surface area contributed by atoms with Gasteiger partial charge >= 0.3 is 5.97 Å². The van der Waals surface area contributed by atoms with Gasteiger partial charge in [0.05, 0.1) is 29.9 Å². The van der Waals surface area contributed by atoms with Crippen LogP contribution in [0, 0.1) is 6.92 Å². The number of esters is 1. The lowest BCUT2D eigenvalue weighted by Gasteiger charge is -2.09. The summed E-state index contributed by atoms with van der Waals surface area (Å²) in [5.74, 6) is -0.504. The molecular formula is C16H14ClN3O3S. The van der Waals surface area contributed by atoms with Crippen molar-refractivity contribution in [2.75, 3.05) is 12.4 Å². The standard InChI is InChI=1S/C16H14ClN3O3S/c1-9-8-24-16-19-11(6-14(21)20(9)16)7-18-10-3-4-13(17)12(5-10)15(22)23-2/h3-6,8,18H,7H2,1-2H3. The first-order valence-corrected chi connectivity index (χ1v) is 8.34. The molecule has 0 saturated heterocycles. The van der Waals surface area contributed by atoms with Crippen molar-refractivity contribution in [3.05, 3.63) is 62.0 Å². The number of thiazole rings is 1. The van der Waals surface area contributed by atoms with Crippen molar-refractivity contribution in [3.8, 4) is 0 Å². The number of carbonyl (C=O) groups excluding carboxylic acids is 1. The molecule has 0 saturated carbocycles. The molecule has 24 heavy (non-hydrogen) atoms. The SMILES string of the molecule is COC(=O)c1cc(NCc2cc(=O)n3c(C)csc3n2)ccc1Cl. The molecule has 0 aliphatic carbocycles. The van der Waals surface area contributed by atoms with Crippen LogP contribution in [0.1, 0.15) is 21.7 Å². The third kappa shape index (κ3) is 3.13. The topological polar surface area (TPSA) is 72.7 Å². The molecule has 0 radical (unpaired) electrons. The molecule has 3 rings (SSSR count). The number of carbonyl (C=O) groups is 1. The molecule has 0 spiro atoms. The average molecular weight is 364 g/mol. The lowest BCUT2D eigenvalue weighted by Crippen LogP contribution is -2.16. The minimum absolute atomic E-state index is 0.109. The smallest absolute Gasteiger partial charge is 0.339 e. The van der Waals surface area contributed by atoms with E-state index in [4.69, 9.17) is 16.3 Å².